The Morgan fingerprint density at radius 3 is 2.83 bits per heavy atom. The second-order valence-electron chi connectivity index (χ2n) is 5.59. The number of nitrogens with zero attached hydrogens (tertiary/aromatic N) is 5. The van der Waals surface area contributed by atoms with Crippen molar-refractivity contribution in [3.8, 4) is 0 Å². The molecule has 120 valence electrons. The molecule has 0 aliphatic heterocycles. The molecular formula is C16H20N6O. The number of hydrogen-bond acceptors (Lipinski definition) is 4. The molecule has 0 saturated carbocycles. The molecule has 23 heavy (non-hydrogen) atoms. The van der Waals surface area contributed by atoms with Crippen molar-refractivity contribution in [3.05, 3.63) is 47.2 Å². The van der Waals surface area contributed by atoms with Gasteiger partial charge in [-0.25, -0.2) is 0 Å². The highest BCUT2D eigenvalue weighted by Crippen LogP contribution is 2.14. The Bertz CT molecular complexity index is 847. The van der Waals surface area contributed by atoms with Crippen LogP contribution >= 0.6 is 0 Å². The molecule has 0 unspecified atom stereocenters. The van der Waals surface area contributed by atoms with Crippen LogP contribution in [0.5, 0.6) is 0 Å². The van der Waals surface area contributed by atoms with E-state index in [0.29, 0.717) is 19.4 Å². The molecule has 0 saturated heterocycles. The molecule has 7 heteroatoms. The Hall–Kier alpha value is -2.70. The molecule has 1 N–H and O–H groups in total. The third kappa shape index (κ3) is 3.08. The number of carbonyl (C=O) groups is 1. The zero-order chi connectivity index (χ0) is 16.4. The minimum absolute atomic E-state index is 0.000309. The zero-order valence-electron chi connectivity index (χ0n) is 13.6. The number of fused-ring (bicyclic) bond motifs is 1. The Kier molecular flexibility index (Phi) is 4.10. The molecule has 0 spiro atoms. The summed E-state index contributed by atoms with van der Waals surface area (Å²) < 4.78 is 3.72. The molecule has 0 aromatic carbocycles. The van der Waals surface area contributed by atoms with Crippen molar-refractivity contribution in [1.29, 1.82) is 0 Å². The number of hydrogen-bond donors (Lipinski definition) is 1. The maximum Gasteiger partial charge on any atom is 0.220 e. The Labute approximate surface area is 134 Å². The third-order valence-electron chi connectivity index (χ3n) is 4.09. The normalized spacial score (nSPS) is 11.1. The fourth-order valence-electron chi connectivity index (χ4n) is 2.70. The number of aryl methyl sites for hydroxylation is 2. The largest absolute Gasteiger partial charge is 0.349 e. The number of aromatic nitrogens is 5. The van der Waals surface area contributed by atoms with Crippen molar-refractivity contribution < 1.29 is 4.79 Å². The van der Waals surface area contributed by atoms with Crippen LogP contribution in [0.3, 0.4) is 0 Å². The van der Waals surface area contributed by atoms with Gasteiger partial charge < -0.3 is 5.32 Å². The SMILES string of the molecule is Cc1nn(C)c(C)c1CCC(=O)NCc1nnc2ccccn12. The van der Waals surface area contributed by atoms with Crippen molar-refractivity contribution in [1.82, 2.24) is 29.7 Å². The van der Waals surface area contributed by atoms with E-state index < -0.39 is 0 Å². The van der Waals surface area contributed by atoms with E-state index in [2.05, 4.69) is 20.6 Å². The van der Waals surface area contributed by atoms with Gasteiger partial charge in [0.1, 0.15) is 0 Å². The fraction of sp³-hybridized carbons (Fsp3) is 0.375. The summed E-state index contributed by atoms with van der Waals surface area (Å²) in [6.07, 6.45) is 3.02. The first-order valence-electron chi connectivity index (χ1n) is 7.60. The van der Waals surface area contributed by atoms with E-state index >= 15 is 0 Å². The highest BCUT2D eigenvalue weighted by Gasteiger charge is 2.12. The quantitative estimate of drug-likeness (QED) is 0.771. The van der Waals surface area contributed by atoms with E-state index in [0.717, 1.165) is 28.4 Å². The Morgan fingerprint density at radius 1 is 1.26 bits per heavy atom. The van der Waals surface area contributed by atoms with Crippen LogP contribution in [0.25, 0.3) is 5.65 Å². The number of nitrogens with one attached hydrogen (secondary N) is 1. The van der Waals surface area contributed by atoms with Crippen molar-refractivity contribution in [2.24, 2.45) is 7.05 Å². The van der Waals surface area contributed by atoms with Gasteiger partial charge in [-0.15, -0.1) is 10.2 Å². The highest BCUT2D eigenvalue weighted by molar-refractivity contribution is 5.76. The van der Waals surface area contributed by atoms with E-state index in [4.69, 9.17) is 0 Å². The molecule has 3 aromatic rings. The number of rotatable bonds is 5. The molecule has 3 heterocycles. The molecule has 1 amide bonds. The van der Waals surface area contributed by atoms with Crippen molar-refractivity contribution >= 4 is 11.6 Å². The summed E-state index contributed by atoms with van der Waals surface area (Å²) in [4.78, 5) is 12.1. The summed E-state index contributed by atoms with van der Waals surface area (Å²) in [5.74, 6) is 0.725. The van der Waals surface area contributed by atoms with Crippen LogP contribution in [0.2, 0.25) is 0 Å². The summed E-state index contributed by atoms with van der Waals surface area (Å²) in [5.41, 5.74) is 4.02. The average Bonchev–Trinajstić information content (AvgIpc) is 3.05. The minimum atomic E-state index is 0.000309. The van der Waals surface area contributed by atoms with Gasteiger partial charge >= 0.3 is 0 Å². The van der Waals surface area contributed by atoms with Gasteiger partial charge in [-0.1, -0.05) is 6.07 Å². The van der Waals surface area contributed by atoms with Gasteiger partial charge in [0.15, 0.2) is 11.5 Å². The second-order valence-corrected chi connectivity index (χ2v) is 5.59. The van der Waals surface area contributed by atoms with Gasteiger partial charge in [0.05, 0.1) is 12.2 Å². The van der Waals surface area contributed by atoms with Gasteiger partial charge in [0.2, 0.25) is 5.91 Å². The minimum Gasteiger partial charge on any atom is -0.349 e. The van der Waals surface area contributed by atoms with E-state index in [1.54, 1.807) is 0 Å². The molecule has 0 radical (unpaired) electrons. The van der Waals surface area contributed by atoms with Crippen LogP contribution in [0.1, 0.15) is 29.2 Å². The third-order valence-corrected chi connectivity index (χ3v) is 4.09. The molecule has 7 nitrogen and oxygen atoms in total. The van der Waals surface area contributed by atoms with Crippen LogP contribution in [0.15, 0.2) is 24.4 Å². The lowest BCUT2D eigenvalue weighted by atomic mass is 10.1. The van der Waals surface area contributed by atoms with Gasteiger partial charge in [-0.3, -0.25) is 13.9 Å². The highest BCUT2D eigenvalue weighted by atomic mass is 16.1. The Morgan fingerprint density at radius 2 is 2.09 bits per heavy atom. The molecule has 3 rings (SSSR count). The van der Waals surface area contributed by atoms with Gasteiger partial charge in [-0.05, 0) is 38.0 Å². The molecule has 0 aliphatic carbocycles. The first kappa shape index (κ1) is 15.2. The van der Waals surface area contributed by atoms with Crippen LogP contribution in [-0.4, -0.2) is 30.3 Å². The maximum absolute atomic E-state index is 12.1. The lowest BCUT2D eigenvalue weighted by Crippen LogP contribution is -2.24. The predicted molar refractivity (Wildman–Crippen MR) is 85.8 cm³/mol. The van der Waals surface area contributed by atoms with E-state index in [9.17, 15) is 4.79 Å². The van der Waals surface area contributed by atoms with Gasteiger partial charge in [0.25, 0.3) is 0 Å². The first-order valence-corrected chi connectivity index (χ1v) is 7.60. The molecule has 0 fully saturated rings. The van der Waals surface area contributed by atoms with E-state index in [1.807, 2.05) is 54.4 Å². The number of carbonyl (C=O) groups excluding carboxylic acids is 1. The monoisotopic (exact) mass is 312 g/mol. The summed E-state index contributed by atoms with van der Waals surface area (Å²) in [6.45, 7) is 4.37. The van der Waals surface area contributed by atoms with Crippen LogP contribution < -0.4 is 5.32 Å². The molecule has 0 atom stereocenters. The summed E-state index contributed by atoms with van der Waals surface area (Å²) in [6, 6.07) is 5.70. The predicted octanol–water partition coefficient (Wildman–Crippen LogP) is 1.33. The average molecular weight is 312 g/mol. The maximum atomic E-state index is 12.1. The van der Waals surface area contributed by atoms with Gasteiger partial charge in [0, 0.05) is 25.4 Å². The lowest BCUT2D eigenvalue weighted by molar-refractivity contribution is -0.121. The Balaban J connectivity index is 1.58. The first-order chi connectivity index (χ1) is 11.1. The summed E-state index contributed by atoms with van der Waals surface area (Å²) in [7, 11) is 1.92. The van der Waals surface area contributed by atoms with E-state index in [-0.39, 0.29) is 5.91 Å². The molecule has 0 bridgehead atoms. The zero-order valence-corrected chi connectivity index (χ0v) is 13.6. The van der Waals surface area contributed by atoms with Crippen molar-refractivity contribution in [2.75, 3.05) is 0 Å². The molecule has 0 aliphatic rings. The molecule has 3 aromatic heterocycles. The molecular weight excluding hydrogens is 292 g/mol. The number of pyridine rings is 1. The fourth-order valence-corrected chi connectivity index (χ4v) is 2.70. The van der Waals surface area contributed by atoms with Crippen LogP contribution in [-0.2, 0) is 24.8 Å². The summed E-state index contributed by atoms with van der Waals surface area (Å²) >= 11 is 0. The van der Waals surface area contributed by atoms with Crippen molar-refractivity contribution in [2.45, 2.75) is 33.2 Å². The van der Waals surface area contributed by atoms with E-state index in [1.165, 1.54) is 0 Å². The van der Waals surface area contributed by atoms with Crippen molar-refractivity contribution in [3.63, 3.8) is 0 Å². The lowest BCUT2D eigenvalue weighted by Gasteiger charge is -2.05. The smallest absolute Gasteiger partial charge is 0.220 e. The number of amides is 1. The van der Waals surface area contributed by atoms with Crippen LogP contribution in [0.4, 0.5) is 0 Å². The van der Waals surface area contributed by atoms with Crippen LogP contribution in [0, 0.1) is 13.8 Å². The second kappa shape index (κ2) is 6.20. The standard InChI is InChI=1S/C16H20N6O/c1-11-13(12(2)21(3)20-11)7-8-16(23)17-10-15-19-18-14-6-4-5-9-22(14)15/h4-6,9H,7-8,10H2,1-3H3,(H,17,23). The summed E-state index contributed by atoms with van der Waals surface area (Å²) in [5, 5.41) is 15.4. The topological polar surface area (TPSA) is 77.1 Å². The van der Waals surface area contributed by atoms with Gasteiger partial charge in [-0.2, -0.15) is 5.10 Å².